The monoisotopic (exact) mass is 257 g/mol. The van der Waals surface area contributed by atoms with Gasteiger partial charge in [-0.25, -0.2) is 9.97 Å². The van der Waals surface area contributed by atoms with Gasteiger partial charge in [0.2, 0.25) is 0 Å². The Kier molecular flexibility index (Phi) is 4.12. The molecule has 100 valence electrons. The number of nitrogens with zero attached hydrogens (tertiary/aromatic N) is 2. The second-order valence-electron chi connectivity index (χ2n) is 4.44. The lowest BCUT2D eigenvalue weighted by Crippen LogP contribution is -2.10. The minimum absolute atomic E-state index is 0.120. The number of rotatable bonds is 4. The summed E-state index contributed by atoms with van der Waals surface area (Å²) in [5.41, 5.74) is 8.82. The molecule has 0 bridgehead atoms. The van der Waals surface area contributed by atoms with Crippen LogP contribution in [0.15, 0.2) is 30.3 Å². The van der Waals surface area contributed by atoms with E-state index in [0.29, 0.717) is 11.6 Å². The van der Waals surface area contributed by atoms with Crippen molar-refractivity contribution < 1.29 is 4.74 Å². The van der Waals surface area contributed by atoms with Crippen LogP contribution < -0.4 is 5.73 Å². The van der Waals surface area contributed by atoms with E-state index in [1.165, 1.54) is 0 Å². The van der Waals surface area contributed by atoms with Gasteiger partial charge in [-0.15, -0.1) is 0 Å². The topological polar surface area (TPSA) is 61.0 Å². The highest BCUT2D eigenvalue weighted by Gasteiger charge is 2.16. The number of aromatic nitrogens is 2. The highest BCUT2D eigenvalue weighted by Crippen LogP contribution is 2.27. The van der Waals surface area contributed by atoms with E-state index in [1.807, 2.05) is 44.2 Å². The molecule has 2 rings (SSSR count). The Labute approximate surface area is 113 Å². The van der Waals surface area contributed by atoms with Gasteiger partial charge in [0, 0.05) is 18.2 Å². The molecule has 2 N–H and O–H groups in total. The van der Waals surface area contributed by atoms with Gasteiger partial charge < -0.3 is 10.5 Å². The Morgan fingerprint density at radius 1 is 1.21 bits per heavy atom. The van der Waals surface area contributed by atoms with E-state index in [0.717, 1.165) is 23.2 Å². The zero-order chi connectivity index (χ0) is 13.8. The van der Waals surface area contributed by atoms with Gasteiger partial charge in [0.05, 0.1) is 5.69 Å². The first-order valence-electron chi connectivity index (χ1n) is 6.39. The lowest BCUT2D eigenvalue weighted by atomic mass is 10.1. The minimum atomic E-state index is -0.120. The zero-order valence-electron chi connectivity index (χ0n) is 11.6. The van der Waals surface area contributed by atoms with Crippen molar-refractivity contribution in [3.63, 3.8) is 0 Å². The standard InChI is InChI=1S/C15H19N3O/c1-4-12(19-3)15-17-13(10(2)14(16)18-15)11-8-6-5-7-9-11/h5-9,12H,4H2,1-3H3,(H2,16,17,18). The van der Waals surface area contributed by atoms with Crippen LogP contribution in [-0.2, 0) is 4.74 Å². The molecule has 0 saturated carbocycles. The smallest absolute Gasteiger partial charge is 0.160 e. The Morgan fingerprint density at radius 3 is 2.47 bits per heavy atom. The van der Waals surface area contributed by atoms with Crippen LogP contribution in [0.1, 0.15) is 30.8 Å². The predicted molar refractivity (Wildman–Crippen MR) is 76.7 cm³/mol. The summed E-state index contributed by atoms with van der Waals surface area (Å²) in [6, 6.07) is 9.99. The highest BCUT2D eigenvalue weighted by molar-refractivity contribution is 5.67. The maximum atomic E-state index is 6.00. The second kappa shape index (κ2) is 5.80. The molecule has 0 aliphatic heterocycles. The first-order chi connectivity index (χ1) is 9.17. The minimum Gasteiger partial charge on any atom is -0.383 e. The number of anilines is 1. The van der Waals surface area contributed by atoms with E-state index in [-0.39, 0.29) is 6.10 Å². The van der Waals surface area contributed by atoms with Gasteiger partial charge in [0.15, 0.2) is 5.82 Å². The fourth-order valence-electron chi connectivity index (χ4n) is 2.03. The number of benzene rings is 1. The van der Waals surface area contributed by atoms with Gasteiger partial charge in [-0.05, 0) is 13.3 Å². The van der Waals surface area contributed by atoms with Crippen molar-refractivity contribution in [1.29, 1.82) is 0 Å². The molecule has 0 fully saturated rings. The molecule has 4 nitrogen and oxygen atoms in total. The number of ether oxygens (including phenoxy) is 1. The lowest BCUT2D eigenvalue weighted by Gasteiger charge is -2.15. The quantitative estimate of drug-likeness (QED) is 0.914. The van der Waals surface area contributed by atoms with Gasteiger partial charge in [-0.2, -0.15) is 0 Å². The van der Waals surface area contributed by atoms with Crippen LogP contribution in [0.2, 0.25) is 0 Å². The summed E-state index contributed by atoms with van der Waals surface area (Å²) >= 11 is 0. The summed E-state index contributed by atoms with van der Waals surface area (Å²) < 4.78 is 5.39. The molecule has 19 heavy (non-hydrogen) atoms. The van der Waals surface area contributed by atoms with Gasteiger partial charge in [0.25, 0.3) is 0 Å². The molecule has 0 amide bonds. The summed E-state index contributed by atoms with van der Waals surface area (Å²) in [5, 5.41) is 0. The third kappa shape index (κ3) is 2.74. The van der Waals surface area contributed by atoms with Crippen LogP contribution in [0.5, 0.6) is 0 Å². The second-order valence-corrected chi connectivity index (χ2v) is 4.44. The summed E-state index contributed by atoms with van der Waals surface area (Å²) in [7, 11) is 1.66. The largest absolute Gasteiger partial charge is 0.383 e. The van der Waals surface area contributed by atoms with Crippen molar-refractivity contribution in [3.05, 3.63) is 41.7 Å². The van der Waals surface area contributed by atoms with Gasteiger partial charge >= 0.3 is 0 Å². The molecule has 4 heteroatoms. The molecular weight excluding hydrogens is 238 g/mol. The van der Waals surface area contributed by atoms with Crippen molar-refractivity contribution in [2.45, 2.75) is 26.4 Å². The van der Waals surface area contributed by atoms with Crippen LogP contribution in [0.4, 0.5) is 5.82 Å². The van der Waals surface area contributed by atoms with Gasteiger partial charge in [-0.1, -0.05) is 37.3 Å². The molecule has 0 aliphatic rings. The van der Waals surface area contributed by atoms with Crippen molar-refractivity contribution >= 4 is 5.82 Å². The van der Waals surface area contributed by atoms with Crippen molar-refractivity contribution in [3.8, 4) is 11.3 Å². The third-order valence-electron chi connectivity index (χ3n) is 3.19. The van der Waals surface area contributed by atoms with E-state index in [9.17, 15) is 0 Å². The molecule has 1 aromatic heterocycles. The van der Waals surface area contributed by atoms with Crippen LogP contribution in [-0.4, -0.2) is 17.1 Å². The van der Waals surface area contributed by atoms with Gasteiger partial charge in [-0.3, -0.25) is 0 Å². The van der Waals surface area contributed by atoms with E-state index >= 15 is 0 Å². The van der Waals surface area contributed by atoms with E-state index in [2.05, 4.69) is 9.97 Å². The van der Waals surface area contributed by atoms with E-state index in [1.54, 1.807) is 7.11 Å². The van der Waals surface area contributed by atoms with Crippen LogP contribution >= 0.6 is 0 Å². The van der Waals surface area contributed by atoms with Crippen molar-refractivity contribution in [2.75, 3.05) is 12.8 Å². The predicted octanol–water partition coefficient (Wildman–Crippen LogP) is 3.13. The molecule has 0 saturated heterocycles. The van der Waals surface area contributed by atoms with Crippen LogP contribution in [0, 0.1) is 6.92 Å². The maximum Gasteiger partial charge on any atom is 0.160 e. The Morgan fingerprint density at radius 2 is 1.89 bits per heavy atom. The number of nitrogen functional groups attached to an aromatic ring is 1. The summed E-state index contributed by atoms with van der Waals surface area (Å²) in [6.07, 6.45) is 0.693. The fourth-order valence-corrected chi connectivity index (χ4v) is 2.03. The Balaban J connectivity index is 2.55. The van der Waals surface area contributed by atoms with Crippen LogP contribution in [0.3, 0.4) is 0 Å². The Hall–Kier alpha value is -1.94. The van der Waals surface area contributed by atoms with Gasteiger partial charge in [0.1, 0.15) is 11.9 Å². The Bertz CT molecular complexity index is 551. The normalized spacial score (nSPS) is 12.4. The van der Waals surface area contributed by atoms with E-state index < -0.39 is 0 Å². The maximum absolute atomic E-state index is 6.00. The first-order valence-corrected chi connectivity index (χ1v) is 6.39. The molecule has 2 aromatic rings. The number of nitrogens with two attached hydrogens (primary N) is 1. The average Bonchev–Trinajstić information content (AvgIpc) is 2.44. The van der Waals surface area contributed by atoms with Crippen LogP contribution in [0.25, 0.3) is 11.3 Å². The number of hydrogen-bond donors (Lipinski definition) is 1. The molecule has 1 aromatic carbocycles. The highest BCUT2D eigenvalue weighted by atomic mass is 16.5. The summed E-state index contributed by atoms with van der Waals surface area (Å²) in [6.45, 7) is 3.98. The first kappa shape index (κ1) is 13.5. The lowest BCUT2D eigenvalue weighted by molar-refractivity contribution is 0.0928. The number of methoxy groups -OCH3 is 1. The molecule has 0 radical (unpaired) electrons. The molecule has 0 aliphatic carbocycles. The molecular formula is C15H19N3O. The van der Waals surface area contributed by atoms with E-state index in [4.69, 9.17) is 10.5 Å². The average molecular weight is 257 g/mol. The molecule has 1 unspecified atom stereocenters. The summed E-state index contributed by atoms with van der Waals surface area (Å²) in [5.74, 6) is 1.16. The fraction of sp³-hybridized carbons (Fsp3) is 0.333. The van der Waals surface area contributed by atoms with Crippen molar-refractivity contribution in [2.24, 2.45) is 0 Å². The molecule has 1 atom stereocenters. The number of hydrogen-bond acceptors (Lipinski definition) is 4. The molecule has 0 spiro atoms. The third-order valence-corrected chi connectivity index (χ3v) is 3.19. The molecule has 1 heterocycles. The zero-order valence-corrected chi connectivity index (χ0v) is 11.6. The van der Waals surface area contributed by atoms with Crippen molar-refractivity contribution in [1.82, 2.24) is 9.97 Å². The summed E-state index contributed by atoms with van der Waals surface area (Å²) in [4.78, 5) is 8.97. The SMILES string of the molecule is CCC(OC)c1nc(N)c(C)c(-c2ccccc2)n1.